The maximum absolute atomic E-state index is 11.8. The molecular weight excluding hydrogens is 256 g/mol. The Labute approximate surface area is 111 Å². The highest BCUT2D eigenvalue weighted by Gasteiger charge is 2.07. The molecule has 0 aliphatic carbocycles. The first kappa shape index (κ1) is 13.8. The van der Waals surface area contributed by atoms with Crippen LogP contribution in [0.25, 0.3) is 0 Å². The number of rotatable bonds is 4. The molecule has 1 heterocycles. The number of aryl methyl sites for hydroxylation is 1. The summed E-state index contributed by atoms with van der Waals surface area (Å²) in [6.07, 6.45) is 3.60. The normalized spacial score (nSPS) is 9.71. The molecule has 2 aromatic rings. The van der Waals surface area contributed by atoms with Gasteiger partial charge in [0.25, 0.3) is 0 Å². The number of carbonyl (C=O) groups is 1. The van der Waals surface area contributed by atoms with Crippen LogP contribution in [0.2, 0.25) is 0 Å². The lowest BCUT2D eigenvalue weighted by Gasteiger charge is -2.01. The minimum atomic E-state index is 0. The molecule has 90 valence electrons. The highest BCUT2D eigenvalue weighted by Crippen LogP contribution is 2.16. The predicted molar refractivity (Wildman–Crippen MR) is 72.0 cm³/mol. The third-order valence-corrected chi connectivity index (χ3v) is 3.26. The first-order chi connectivity index (χ1) is 7.77. The number of benzene rings is 1. The molecule has 0 aliphatic rings. The van der Waals surface area contributed by atoms with Gasteiger partial charge in [0.05, 0.1) is 5.75 Å². The smallest absolute Gasteiger partial charge is 0.173 e. The summed E-state index contributed by atoms with van der Waals surface area (Å²) < 4.78 is 1.91. The molecule has 0 amide bonds. The summed E-state index contributed by atoms with van der Waals surface area (Å²) in [4.78, 5) is 15.9. The highest BCUT2D eigenvalue weighted by molar-refractivity contribution is 7.99. The molecule has 0 aliphatic heterocycles. The van der Waals surface area contributed by atoms with E-state index in [1.165, 1.54) is 11.8 Å². The molecule has 0 radical (unpaired) electrons. The van der Waals surface area contributed by atoms with Gasteiger partial charge in [0.2, 0.25) is 0 Å². The van der Waals surface area contributed by atoms with Crippen LogP contribution in [0.1, 0.15) is 10.4 Å². The number of carbonyl (C=O) groups excluding carboxylic acids is 1. The highest BCUT2D eigenvalue weighted by atomic mass is 35.5. The summed E-state index contributed by atoms with van der Waals surface area (Å²) in [5, 5.41) is 0.865. The van der Waals surface area contributed by atoms with Crippen molar-refractivity contribution in [2.75, 3.05) is 5.75 Å². The number of halogens is 1. The Hall–Kier alpha value is -1.26. The molecule has 1 aromatic heterocycles. The van der Waals surface area contributed by atoms with Crippen LogP contribution in [-0.4, -0.2) is 21.1 Å². The largest absolute Gasteiger partial charge is 0.329 e. The van der Waals surface area contributed by atoms with Crippen LogP contribution in [0, 0.1) is 0 Å². The second-order valence-electron chi connectivity index (χ2n) is 3.40. The topological polar surface area (TPSA) is 34.9 Å². The van der Waals surface area contributed by atoms with Crippen molar-refractivity contribution < 1.29 is 4.79 Å². The molecule has 0 bridgehead atoms. The van der Waals surface area contributed by atoms with E-state index in [-0.39, 0.29) is 18.2 Å². The predicted octanol–water partition coefficient (Wildman–Crippen LogP) is 2.82. The van der Waals surface area contributed by atoms with Crippen molar-refractivity contribution in [1.82, 2.24) is 9.55 Å². The van der Waals surface area contributed by atoms with Gasteiger partial charge in [0, 0.05) is 25.0 Å². The van der Waals surface area contributed by atoms with Crippen molar-refractivity contribution in [2.45, 2.75) is 5.16 Å². The van der Waals surface area contributed by atoms with Crippen molar-refractivity contribution in [3.63, 3.8) is 0 Å². The SMILES string of the molecule is Cl.Cn1ccnc1SCC(=O)c1ccccc1. The lowest BCUT2D eigenvalue weighted by Crippen LogP contribution is -2.03. The molecule has 0 fully saturated rings. The molecule has 0 N–H and O–H groups in total. The van der Waals surface area contributed by atoms with Gasteiger partial charge < -0.3 is 4.57 Å². The van der Waals surface area contributed by atoms with Crippen molar-refractivity contribution in [3.05, 3.63) is 48.3 Å². The minimum Gasteiger partial charge on any atom is -0.329 e. The van der Waals surface area contributed by atoms with E-state index in [1.54, 1.807) is 6.20 Å². The molecule has 0 saturated carbocycles. The number of hydrogen-bond acceptors (Lipinski definition) is 3. The summed E-state index contributed by atoms with van der Waals surface area (Å²) in [5.74, 6) is 0.558. The summed E-state index contributed by atoms with van der Waals surface area (Å²) in [6.45, 7) is 0. The summed E-state index contributed by atoms with van der Waals surface area (Å²) >= 11 is 1.46. The molecule has 0 unspecified atom stereocenters. The van der Waals surface area contributed by atoms with Crippen LogP contribution in [-0.2, 0) is 7.05 Å². The fourth-order valence-corrected chi connectivity index (χ4v) is 2.16. The lowest BCUT2D eigenvalue weighted by molar-refractivity contribution is 0.102. The zero-order valence-electron chi connectivity index (χ0n) is 9.37. The standard InChI is InChI=1S/C12H12N2OS.ClH/c1-14-8-7-13-12(14)16-9-11(15)10-5-3-2-4-6-10;/h2-8H,9H2,1H3;1H. The van der Waals surface area contributed by atoms with E-state index >= 15 is 0 Å². The number of aromatic nitrogens is 2. The maximum atomic E-state index is 11.8. The quantitative estimate of drug-likeness (QED) is 0.632. The second kappa shape index (κ2) is 6.47. The van der Waals surface area contributed by atoms with E-state index in [0.717, 1.165) is 10.7 Å². The van der Waals surface area contributed by atoms with Crippen LogP contribution >= 0.6 is 24.2 Å². The van der Waals surface area contributed by atoms with Gasteiger partial charge in [-0.2, -0.15) is 0 Å². The number of nitrogens with zero attached hydrogens (tertiary/aromatic N) is 2. The van der Waals surface area contributed by atoms with Crippen molar-refractivity contribution >= 4 is 30.0 Å². The first-order valence-electron chi connectivity index (χ1n) is 4.96. The zero-order valence-corrected chi connectivity index (χ0v) is 11.0. The zero-order chi connectivity index (χ0) is 11.4. The molecule has 17 heavy (non-hydrogen) atoms. The molecule has 0 spiro atoms. The molecule has 0 atom stereocenters. The van der Waals surface area contributed by atoms with E-state index < -0.39 is 0 Å². The average Bonchev–Trinajstić information content (AvgIpc) is 2.73. The van der Waals surface area contributed by atoms with Crippen LogP contribution in [0.15, 0.2) is 47.9 Å². The molecule has 0 saturated heterocycles. The van der Waals surface area contributed by atoms with E-state index in [4.69, 9.17) is 0 Å². The Bertz CT molecular complexity index is 484. The van der Waals surface area contributed by atoms with Gasteiger partial charge in [0.1, 0.15) is 0 Å². The maximum Gasteiger partial charge on any atom is 0.173 e. The van der Waals surface area contributed by atoms with E-state index in [0.29, 0.717) is 5.75 Å². The van der Waals surface area contributed by atoms with Gasteiger partial charge >= 0.3 is 0 Å². The van der Waals surface area contributed by atoms with Crippen LogP contribution < -0.4 is 0 Å². The number of thioether (sulfide) groups is 1. The summed E-state index contributed by atoms with van der Waals surface area (Å²) in [5.41, 5.74) is 0.754. The monoisotopic (exact) mass is 268 g/mol. The summed E-state index contributed by atoms with van der Waals surface area (Å²) in [6, 6.07) is 9.32. The van der Waals surface area contributed by atoms with Gasteiger partial charge in [-0.25, -0.2) is 4.98 Å². The van der Waals surface area contributed by atoms with Crippen molar-refractivity contribution in [3.8, 4) is 0 Å². The van der Waals surface area contributed by atoms with Crippen LogP contribution in [0.5, 0.6) is 0 Å². The Morgan fingerprint density at radius 3 is 2.65 bits per heavy atom. The third kappa shape index (κ3) is 3.61. The Morgan fingerprint density at radius 1 is 1.35 bits per heavy atom. The fraction of sp³-hybridized carbons (Fsp3) is 0.167. The average molecular weight is 269 g/mol. The van der Waals surface area contributed by atoms with E-state index in [9.17, 15) is 4.79 Å². The number of imidazole rings is 1. The first-order valence-corrected chi connectivity index (χ1v) is 5.94. The lowest BCUT2D eigenvalue weighted by atomic mass is 10.2. The number of ketones is 1. The van der Waals surface area contributed by atoms with Crippen LogP contribution in [0.4, 0.5) is 0 Å². The van der Waals surface area contributed by atoms with Gasteiger partial charge in [-0.3, -0.25) is 4.79 Å². The Morgan fingerprint density at radius 2 is 2.06 bits per heavy atom. The second-order valence-corrected chi connectivity index (χ2v) is 4.34. The molecule has 1 aromatic carbocycles. The Balaban J connectivity index is 0.00000144. The summed E-state index contributed by atoms with van der Waals surface area (Å²) in [7, 11) is 1.92. The molecule has 5 heteroatoms. The van der Waals surface area contributed by atoms with Crippen molar-refractivity contribution in [2.24, 2.45) is 7.05 Å². The third-order valence-electron chi connectivity index (χ3n) is 2.21. The van der Waals surface area contributed by atoms with Crippen molar-refractivity contribution in [1.29, 1.82) is 0 Å². The molecular formula is C12H13ClN2OS. The van der Waals surface area contributed by atoms with E-state index in [2.05, 4.69) is 4.98 Å². The molecule has 2 rings (SSSR count). The fourth-order valence-electron chi connectivity index (χ4n) is 1.33. The van der Waals surface area contributed by atoms with Gasteiger partial charge in [-0.15, -0.1) is 12.4 Å². The minimum absolute atomic E-state index is 0. The van der Waals surface area contributed by atoms with Gasteiger partial charge in [-0.1, -0.05) is 42.1 Å². The van der Waals surface area contributed by atoms with Gasteiger partial charge in [0.15, 0.2) is 10.9 Å². The van der Waals surface area contributed by atoms with E-state index in [1.807, 2.05) is 48.1 Å². The number of hydrogen-bond donors (Lipinski definition) is 0. The molecule has 3 nitrogen and oxygen atoms in total. The van der Waals surface area contributed by atoms with Crippen LogP contribution in [0.3, 0.4) is 0 Å². The van der Waals surface area contributed by atoms with Gasteiger partial charge in [-0.05, 0) is 0 Å². The number of Topliss-reactive ketones (excluding diaryl/α,β-unsaturated/α-hetero) is 1. The Kier molecular flexibility index (Phi) is 5.25.